The van der Waals surface area contributed by atoms with Crippen LogP contribution < -0.4 is 10.6 Å². The molecule has 1 aromatic heterocycles. The van der Waals surface area contributed by atoms with Gasteiger partial charge in [-0.05, 0) is 38.2 Å². The maximum Gasteiger partial charge on any atom is 0.315 e. The number of aryl methyl sites for hydroxylation is 1. The second-order valence-corrected chi connectivity index (χ2v) is 6.63. The Morgan fingerprint density at radius 3 is 2.84 bits per heavy atom. The monoisotopic (exact) mass is 343 g/mol. The Morgan fingerprint density at radius 1 is 1.28 bits per heavy atom. The summed E-state index contributed by atoms with van der Waals surface area (Å²) in [5.41, 5.74) is 2.83. The summed E-state index contributed by atoms with van der Waals surface area (Å²) in [5.74, 6) is 0.961. The van der Waals surface area contributed by atoms with E-state index in [0.29, 0.717) is 13.0 Å². The first kappa shape index (κ1) is 17.5. The fourth-order valence-corrected chi connectivity index (χ4v) is 3.23. The van der Waals surface area contributed by atoms with Gasteiger partial charge in [-0.15, -0.1) is 0 Å². The fourth-order valence-electron chi connectivity index (χ4n) is 3.23. The van der Waals surface area contributed by atoms with Gasteiger partial charge in [0, 0.05) is 18.0 Å². The number of nitrogens with one attached hydrogen (secondary N) is 2. The zero-order valence-corrected chi connectivity index (χ0v) is 14.5. The van der Waals surface area contributed by atoms with Crippen molar-refractivity contribution in [1.29, 1.82) is 0 Å². The molecule has 0 saturated carbocycles. The van der Waals surface area contributed by atoms with Crippen molar-refractivity contribution < 1.29 is 14.4 Å². The molecule has 25 heavy (non-hydrogen) atoms. The van der Waals surface area contributed by atoms with E-state index in [9.17, 15) is 9.90 Å². The highest BCUT2D eigenvalue weighted by atomic mass is 16.5. The Hall–Kier alpha value is -2.34. The topological polar surface area (TPSA) is 87.4 Å². The van der Waals surface area contributed by atoms with E-state index < -0.39 is 6.10 Å². The second kappa shape index (κ2) is 8.16. The Bertz CT molecular complexity index is 699. The predicted octanol–water partition coefficient (Wildman–Crippen LogP) is 2.86. The maximum atomic E-state index is 12.1. The number of aromatic nitrogens is 1. The summed E-state index contributed by atoms with van der Waals surface area (Å²) in [6, 6.07) is 9.04. The highest BCUT2D eigenvalue weighted by Gasteiger charge is 2.20. The van der Waals surface area contributed by atoms with Crippen LogP contribution in [0.3, 0.4) is 0 Å². The summed E-state index contributed by atoms with van der Waals surface area (Å²) < 4.78 is 5.35. The van der Waals surface area contributed by atoms with Gasteiger partial charge in [0.25, 0.3) is 0 Å². The lowest BCUT2D eigenvalue weighted by Gasteiger charge is -2.18. The first-order chi connectivity index (χ1) is 12.1. The highest BCUT2D eigenvalue weighted by Crippen LogP contribution is 2.24. The third-order valence-electron chi connectivity index (χ3n) is 4.59. The molecule has 0 fully saturated rings. The molecule has 2 unspecified atom stereocenters. The molecular formula is C19H25N3O3. The van der Waals surface area contributed by atoms with E-state index in [-0.39, 0.29) is 12.1 Å². The molecule has 1 heterocycles. The van der Waals surface area contributed by atoms with Crippen LogP contribution >= 0.6 is 0 Å². The standard InChI is InChI=1S/C19H25N3O3/c1-13(11-17(23)14-7-3-2-4-8-14)21-19(24)20-12-16-15-9-5-6-10-18(15)25-22-16/h2-4,7-8,13,17,23H,5-6,9-12H2,1H3,(H2,20,21,24). The van der Waals surface area contributed by atoms with Crippen molar-refractivity contribution in [3.05, 3.63) is 52.9 Å². The van der Waals surface area contributed by atoms with Crippen LogP contribution in [0.5, 0.6) is 0 Å². The van der Waals surface area contributed by atoms with E-state index >= 15 is 0 Å². The van der Waals surface area contributed by atoms with Gasteiger partial charge in [-0.25, -0.2) is 4.79 Å². The summed E-state index contributed by atoms with van der Waals surface area (Å²) in [4.78, 5) is 12.1. The van der Waals surface area contributed by atoms with Crippen molar-refractivity contribution in [3.63, 3.8) is 0 Å². The molecule has 0 spiro atoms. The number of hydrogen-bond donors (Lipinski definition) is 3. The van der Waals surface area contributed by atoms with Gasteiger partial charge in [0.15, 0.2) is 0 Å². The number of amides is 2. The quantitative estimate of drug-likeness (QED) is 0.753. The number of aliphatic hydroxyl groups is 1. The number of rotatable bonds is 6. The smallest absolute Gasteiger partial charge is 0.315 e. The molecule has 134 valence electrons. The number of carbonyl (C=O) groups excluding carboxylic acids is 1. The zero-order valence-electron chi connectivity index (χ0n) is 14.5. The number of fused-ring (bicyclic) bond motifs is 1. The Balaban J connectivity index is 1.45. The highest BCUT2D eigenvalue weighted by molar-refractivity contribution is 5.74. The van der Waals surface area contributed by atoms with Gasteiger partial charge < -0.3 is 20.3 Å². The number of urea groups is 1. The van der Waals surface area contributed by atoms with Gasteiger partial charge in [0.2, 0.25) is 0 Å². The Morgan fingerprint density at radius 2 is 2.04 bits per heavy atom. The van der Waals surface area contributed by atoms with Gasteiger partial charge in [-0.2, -0.15) is 0 Å². The number of carbonyl (C=O) groups is 1. The van der Waals surface area contributed by atoms with Crippen molar-refractivity contribution in [3.8, 4) is 0 Å². The molecule has 1 aliphatic carbocycles. The predicted molar refractivity (Wildman–Crippen MR) is 94.0 cm³/mol. The lowest BCUT2D eigenvalue weighted by Crippen LogP contribution is -2.41. The van der Waals surface area contributed by atoms with Gasteiger partial charge in [-0.1, -0.05) is 35.5 Å². The van der Waals surface area contributed by atoms with Gasteiger partial charge in [-0.3, -0.25) is 0 Å². The van der Waals surface area contributed by atoms with Crippen LogP contribution in [-0.2, 0) is 19.4 Å². The molecule has 1 aliphatic rings. The number of nitrogens with zero attached hydrogens (tertiary/aromatic N) is 1. The van der Waals surface area contributed by atoms with E-state index in [2.05, 4.69) is 15.8 Å². The molecule has 2 aromatic rings. The van der Waals surface area contributed by atoms with Crippen molar-refractivity contribution in [1.82, 2.24) is 15.8 Å². The number of aliphatic hydroxyl groups excluding tert-OH is 1. The lowest BCUT2D eigenvalue weighted by molar-refractivity contribution is 0.154. The van der Waals surface area contributed by atoms with Crippen LogP contribution in [0.25, 0.3) is 0 Å². The first-order valence-corrected chi connectivity index (χ1v) is 8.87. The normalized spacial score (nSPS) is 15.9. The molecule has 0 bridgehead atoms. The van der Waals surface area contributed by atoms with Crippen LogP contribution in [0.15, 0.2) is 34.9 Å². The summed E-state index contributed by atoms with van der Waals surface area (Å²) in [6.07, 6.45) is 4.04. The minimum absolute atomic E-state index is 0.151. The minimum Gasteiger partial charge on any atom is -0.388 e. The maximum absolute atomic E-state index is 12.1. The second-order valence-electron chi connectivity index (χ2n) is 6.63. The van der Waals surface area contributed by atoms with E-state index in [1.54, 1.807) is 0 Å². The largest absolute Gasteiger partial charge is 0.388 e. The van der Waals surface area contributed by atoms with Crippen LogP contribution in [0.4, 0.5) is 4.79 Å². The fraction of sp³-hybridized carbons (Fsp3) is 0.474. The molecule has 2 atom stereocenters. The van der Waals surface area contributed by atoms with E-state index in [4.69, 9.17) is 4.52 Å². The third kappa shape index (κ3) is 4.60. The lowest BCUT2D eigenvalue weighted by atomic mass is 9.96. The molecule has 0 aliphatic heterocycles. The van der Waals surface area contributed by atoms with Crippen LogP contribution in [0.2, 0.25) is 0 Å². The summed E-state index contributed by atoms with van der Waals surface area (Å²) in [6.45, 7) is 2.24. The Kier molecular flexibility index (Phi) is 5.71. The van der Waals surface area contributed by atoms with Crippen molar-refractivity contribution >= 4 is 6.03 Å². The van der Waals surface area contributed by atoms with E-state index in [1.165, 1.54) is 0 Å². The van der Waals surface area contributed by atoms with E-state index in [0.717, 1.165) is 48.3 Å². The molecule has 1 aromatic carbocycles. The van der Waals surface area contributed by atoms with Gasteiger partial charge in [0.05, 0.1) is 12.6 Å². The van der Waals surface area contributed by atoms with Crippen LogP contribution in [0.1, 0.15) is 54.9 Å². The van der Waals surface area contributed by atoms with Crippen LogP contribution in [0, 0.1) is 0 Å². The minimum atomic E-state index is -0.598. The SMILES string of the molecule is CC(CC(O)c1ccccc1)NC(=O)NCc1noc2c1CCCC2. The number of hydrogen-bond acceptors (Lipinski definition) is 4. The number of benzene rings is 1. The van der Waals surface area contributed by atoms with Crippen molar-refractivity contribution in [2.45, 2.75) is 57.7 Å². The van der Waals surface area contributed by atoms with Crippen molar-refractivity contribution in [2.75, 3.05) is 0 Å². The van der Waals surface area contributed by atoms with Gasteiger partial charge in [0.1, 0.15) is 11.5 Å². The van der Waals surface area contributed by atoms with Crippen LogP contribution in [-0.4, -0.2) is 22.3 Å². The summed E-state index contributed by atoms with van der Waals surface area (Å²) in [5, 5.41) is 20.0. The summed E-state index contributed by atoms with van der Waals surface area (Å²) >= 11 is 0. The van der Waals surface area contributed by atoms with E-state index in [1.807, 2.05) is 37.3 Å². The average molecular weight is 343 g/mol. The molecule has 3 N–H and O–H groups in total. The molecule has 0 saturated heterocycles. The Labute approximate surface area is 147 Å². The first-order valence-electron chi connectivity index (χ1n) is 8.87. The zero-order chi connectivity index (χ0) is 17.6. The van der Waals surface area contributed by atoms with Gasteiger partial charge >= 0.3 is 6.03 Å². The molecular weight excluding hydrogens is 318 g/mol. The third-order valence-corrected chi connectivity index (χ3v) is 4.59. The summed E-state index contributed by atoms with van der Waals surface area (Å²) in [7, 11) is 0. The van der Waals surface area contributed by atoms with Crippen molar-refractivity contribution in [2.24, 2.45) is 0 Å². The molecule has 2 amide bonds. The molecule has 0 radical (unpaired) electrons. The molecule has 6 nitrogen and oxygen atoms in total. The molecule has 3 rings (SSSR count). The molecule has 6 heteroatoms. The average Bonchev–Trinajstić information content (AvgIpc) is 3.04.